The number of hydrogen-bond donors (Lipinski definition) is 2. The molecule has 33 heavy (non-hydrogen) atoms. The van der Waals surface area contributed by atoms with Gasteiger partial charge in [-0.05, 0) is 49.2 Å². The van der Waals surface area contributed by atoms with Gasteiger partial charge in [0.15, 0.2) is 0 Å². The normalized spacial score (nSPS) is 12.9. The monoisotopic (exact) mass is 461 g/mol. The number of alkyl halides is 3. The van der Waals surface area contributed by atoms with Crippen molar-refractivity contribution in [3.8, 4) is 11.6 Å². The molecule has 0 spiro atoms. The number of carboxylic acid groups (broad SMARTS) is 1. The molecule has 10 heteroatoms. The number of aryl methyl sites for hydroxylation is 1. The van der Waals surface area contributed by atoms with Gasteiger partial charge in [0.05, 0.1) is 11.6 Å². The van der Waals surface area contributed by atoms with E-state index in [1.165, 1.54) is 50.4 Å². The third-order valence-corrected chi connectivity index (χ3v) is 4.99. The van der Waals surface area contributed by atoms with E-state index >= 15 is 0 Å². The Bertz CT molecular complexity index is 1160. The van der Waals surface area contributed by atoms with Crippen LogP contribution < -0.4 is 10.1 Å². The van der Waals surface area contributed by atoms with Gasteiger partial charge in [0.2, 0.25) is 5.88 Å². The predicted octanol–water partition coefficient (Wildman–Crippen LogP) is 5.37. The minimum absolute atomic E-state index is 0.0741. The highest BCUT2D eigenvalue weighted by atomic mass is 19.3. The van der Waals surface area contributed by atoms with Crippen LogP contribution in [0.1, 0.15) is 70.0 Å². The number of amides is 1. The summed E-state index contributed by atoms with van der Waals surface area (Å²) in [7, 11) is 1.35. The molecule has 2 aromatic carbocycles. The highest BCUT2D eigenvalue weighted by Crippen LogP contribution is 2.33. The number of ether oxygens (including phenoxy) is 1. The lowest BCUT2D eigenvalue weighted by molar-refractivity contribution is 0.0696. The van der Waals surface area contributed by atoms with Crippen LogP contribution in [0.5, 0.6) is 11.6 Å². The zero-order valence-electron chi connectivity index (χ0n) is 18.1. The van der Waals surface area contributed by atoms with Gasteiger partial charge in [0.25, 0.3) is 12.3 Å². The second-order valence-corrected chi connectivity index (χ2v) is 7.40. The van der Waals surface area contributed by atoms with Crippen LogP contribution in [0.4, 0.5) is 13.2 Å². The van der Waals surface area contributed by atoms with Crippen LogP contribution >= 0.6 is 0 Å². The highest BCUT2D eigenvalue weighted by Gasteiger charge is 2.30. The number of hydrogen-bond acceptors (Lipinski definition) is 4. The number of nitrogens with zero attached hydrogens (tertiary/aromatic N) is 2. The van der Waals surface area contributed by atoms with Crippen LogP contribution in [0.15, 0.2) is 48.5 Å². The lowest BCUT2D eigenvalue weighted by Crippen LogP contribution is -2.27. The van der Waals surface area contributed by atoms with Crippen molar-refractivity contribution >= 4 is 11.9 Å². The summed E-state index contributed by atoms with van der Waals surface area (Å²) in [5.74, 6) is -2.01. The number of benzene rings is 2. The number of nitrogens with one attached hydrogen (secondary N) is 1. The average molecular weight is 461 g/mol. The van der Waals surface area contributed by atoms with E-state index in [0.717, 1.165) is 4.68 Å². The van der Waals surface area contributed by atoms with E-state index in [1.54, 1.807) is 19.1 Å². The summed E-state index contributed by atoms with van der Waals surface area (Å²) < 4.78 is 47.7. The van der Waals surface area contributed by atoms with E-state index in [-0.39, 0.29) is 17.2 Å². The van der Waals surface area contributed by atoms with Crippen molar-refractivity contribution in [2.24, 2.45) is 7.05 Å². The van der Waals surface area contributed by atoms with Crippen LogP contribution in [0, 0.1) is 0 Å². The first-order chi connectivity index (χ1) is 15.6. The number of carbonyl (C=O) groups excluding carboxylic acids is 1. The van der Waals surface area contributed by atoms with E-state index in [4.69, 9.17) is 9.84 Å². The minimum Gasteiger partial charge on any atom is -0.478 e. The quantitative estimate of drug-likeness (QED) is 0.471. The molecule has 1 aromatic heterocycles. The van der Waals surface area contributed by atoms with Crippen molar-refractivity contribution in [1.82, 2.24) is 15.1 Å². The smallest absolute Gasteiger partial charge is 0.335 e. The van der Waals surface area contributed by atoms with Gasteiger partial charge < -0.3 is 15.2 Å². The van der Waals surface area contributed by atoms with E-state index in [1.807, 2.05) is 0 Å². The number of carbonyl (C=O) groups is 2. The molecule has 1 unspecified atom stereocenters. The number of aromatic nitrogens is 2. The molecular formula is C23H22F3N3O4. The second kappa shape index (κ2) is 9.76. The third-order valence-electron chi connectivity index (χ3n) is 4.99. The maximum atomic E-state index is 13.7. The molecule has 3 rings (SSSR count). The van der Waals surface area contributed by atoms with Gasteiger partial charge in [-0.25, -0.2) is 22.6 Å². The van der Waals surface area contributed by atoms with Crippen LogP contribution in [0.3, 0.4) is 0 Å². The second-order valence-electron chi connectivity index (χ2n) is 7.40. The molecule has 0 bridgehead atoms. The standard InChI is InChI=1S/C23H22F3N3O4/c1-12(24)16-5-4-6-17(11-16)33-22-18(19(20(25)26)28-29(22)3)21(30)27-13(2)14-7-9-15(10-8-14)23(31)32/h4-13,20H,1-3H3,(H,27,30)(H,31,32)/t12?,13-/m0/s1. The van der Waals surface area contributed by atoms with E-state index in [2.05, 4.69) is 10.4 Å². The third kappa shape index (κ3) is 5.33. The van der Waals surface area contributed by atoms with Crippen LogP contribution in [-0.2, 0) is 7.05 Å². The molecular weight excluding hydrogens is 439 g/mol. The molecule has 1 amide bonds. The zero-order valence-corrected chi connectivity index (χ0v) is 18.1. The summed E-state index contributed by atoms with van der Waals surface area (Å²) in [4.78, 5) is 24.0. The Kier molecular flexibility index (Phi) is 7.05. The fourth-order valence-electron chi connectivity index (χ4n) is 3.22. The number of halogens is 3. The Balaban J connectivity index is 1.91. The summed E-state index contributed by atoms with van der Waals surface area (Å²) in [6.07, 6.45) is -4.32. The number of carboxylic acids is 1. The molecule has 0 saturated heterocycles. The predicted molar refractivity (Wildman–Crippen MR) is 113 cm³/mol. The molecule has 0 aliphatic rings. The van der Waals surface area contributed by atoms with Gasteiger partial charge in [-0.2, -0.15) is 5.10 Å². The van der Waals surface area contributed by atoms with Crippen molar-refractivity contribution in [3.05, 3.63) is 76.5 Å². The number of rotatable bonds is 8. The molecule has 2 N–H and O–H groups in total. The first kappa shape index (κ1) is 23.8. The lowest BCUT2D eigenvalue weighted by Gasteiger charge is -2.16. The summed E-state index contributed by atoms with van der Waals surface area (Å²) in [5.41, 5.74) is -0.227. The van der Waals surface area contributed by atoms with Crippen LogP contribution in [-0.4, -0.2) is 26.8 Å². The van der Waals surface area contributed by atoms with E-state index < -0.39 is 41.8 Å². The molecule has 0 fully saturated rings. The Hall–Kier alpha value is -3.82. The molecule has 174 valence electrons. The average Bonchev–Trinajstić information content (AvgIpc) is 3.10. The van der Waals surface area contributed by atoms with E-state index in [9.17, 15) is 22.8 Å². The Morgan fingerprint density at radius 1 is 1.06 bits per heavy atom. The molecule has 7 nitrogen and oxygen atoms in total. The first-order valence-electron chi connectivity index (χ1n) is 9.99. The van der Waals surface area contributed by atoms with Crippen molar-refractivity contribution in [1.29, 1.82) is 0 Å². The molecule has 2 atom stereocenters. The largest absolute Gasteiger partial charge is 0.478 e. The van der Waals surface area contributed by atoms with Gasteiger partial charge >= 0.3 is 5.97 Å². The molecule has 0 radical (unpaired) electrons. The van der Waals surface area contributed by atoms with Crippen LogP contribution in [0.25, 0.3) is 0 Å². The van der Waals surface area contributed by atoms with Crippen LogP contribution in [0.2, 0.25) is 0 Å². The minimum atomic E-state index is -3.04. The Labute approximate surface area is 187 Å². The highest BCUT2D eigenvalue weighted by molar-refractivity contribution is 5.98. The summed E-state index contributed by atoms with van der Waals surface area (Å²) >= 11 is 0. The summed E-state index contributed by atoms with van der Waals surface area (Å²) in [6.45, 7) is 2.97. The fraction of sp³-hybridized carbons (Fsp3) is 0.261. The summed E-state index contributed by atoms with van der Waals surface area (Å²) in [6, 6.07) is 11.2. The molecule has 0 saturated carbocycles. The Morgan fingerprint density at radius 3 is 2.30 bits per heavy atom. The van der Waals surface area contributed by atoms with Gasteiger partial charge in [-0.15, -0.1) is 0 Å². The summed E-state index contributed by atoms with van der Waals surface area (Å²) in [5, 5.41) is 15.4. The van der Waals surface area contributed by atoms with Crippen molar-refractivity contribution in [2.45, 2.75) is 32.5 Å². The van der Waals surface area contributed by atoms with Crippen molar-refractivity contribution < 1.29 is 32.6 Å². The van der Waals surface area contributed by atoms with Gasteiger partial charge in [-0.3, -0.25) is 4.79 Å². The maximum Gasteiger partial charge on any atom is 0.335 e. The van der Waals surface area contributed by atoms with Gasteiger partial charge in [-0.1, -0.05) is 24.3 Å². The first-order valence-corrected chi connectivity index (χ1v) is 9.99. The zero-order chi connectivity index (χ0) is 24.3. The SMILES string of the molecule is CC(F)c1cccc(Oc2c(C(=O)N[C@@H](C)c3ccc(C(=O)O)cc3)c(C(F)F)nn2C)c1. The van der Waals surface area contributed by atoms with Crippen molar-refractivity contribution in [3.63, 3.8) is 0 Å². The fourth-order valence-corrected chi connectivity index (χ4v) is 3.22. The molecule has 3 aromatic rings. The van der Waals surface area contributed by atoms with Crippen molar-refractivity contribution in [2.75, 3.05) is 0 Å². The molecule has 0 aliphatic carbocycles. The maximum absolute atomic E-state index is 13.7. The van der Waals surface area contributed by atoms with Gasteiger partial charge in [0, 0.05) is 7.05 Å². The topological polar surface area (TPSA) is 93.4 Å². The molecule has 0 aliphatic heterocycles. The molecule has 1 heterocycles. The number of aromatic carboxylic acids is 1. The van der Waals surface area contributed by atoms with Gasteiger partial charge in [0.1, 0.15) is 23.2 Å². The van der Waals surface area contributed by atoms with E-state index in [0.29, 0.717) is 11.1 Å². The lowest BCUT2D eigenvalue weighted by atomic mass is 10.1. The Morgan fingerprint density at radius 2 is 1.73 bits per heavy atom.